The zero-order chi connectivity index (χ0) is 22.4. The number of aromatic hydroxyl groups is 1. The van der Waals surface area contributed by atoms with Crippen LogP contribution in [0.4, 0.5) is 5.82 Å². The third-order valence-corrected chi connectivity index (χ3v) is 6.71. The van der Waals surface area contributed by atoms with Gasteiger partial charge in [0.15, 0.2) is 0 Å². The Morgan fingerprint density at radius 3 is 2.34 bits per heavy atom. The quantitative estimate of drug-likeness (QED) is 0.497. The average Bonchev–Trinajstić information content (AvgIpc) is 3.13. The predicted molar refractivity (Wildman–Crippen MR) is 130 cm³/mol. The minimum atomic E-state index is 0.309. The van der Waals surface area contributed by atoms with Crippen LogP contribution in [-0.4, -0.2) is 58.2 Å². The summed E-state index contributed by atoms with van der Waals surface area (Å²) < 4.78 is 0. The van der Waals surface area contributed by atoms with Crippen LogP contribution < -0.4 is 4.90 Å². The van der Waals surface area contributed by atoms with E-state index >= 15 is 0 Å². The van der Waals surface area contributed by atoms with Crippen LogP contribution >= 0.6 is 0 Å². The summed E-state index contributed by atoms with van der Waals surface area (Å²) in [6, 6.07) is 10.1. The van der Waals surface area contributed by atoms with Crippen molar-refractivity contribution in [2.45, 2.75) is 20.8 Å². The Morgan fingerprint density at radius 1 is 0.875 bits per heavy atom. The summed E-state index contributed by atoms with van der Waals surface area (Å²) in [5.74, 6) is 1.34. The average molecular weight is 428 g/mol. The van der Waals surface area contributed by atoms with Crippen molar-refractivity contribution in [2.24, 2.45) is 0 Å². The molecule has 32 heavy (non-hydrogen) atoms. The van der Waals surface area contributed by atoms with Crippen molar-refractivity contribution in [2.75, 3.05) is 38.1 Å². The first-order valence-corrected chi connectivity index (χ1v) is 11.1. The molecule has 0 bridgehead atoms. The van der Waals surface area contributed by atoms with Gasteiger partial charge in [-0.3, -0.25) is 0 Å². The molecule has 0 amide bonds. The van der Waals surface area contributed by atoms with Crippen LogP contribution in [0.15, 0.2) is 42.7 Å². The first-order chi connectivity index (χ1) is 15.4. The molecule has 1 aromatic carbocycles. The number of phenolic OH excluding ortho intramolecular Hbond substituents is 1. The monoisotopic (exact) mass is 427 g/mol. The minimum absolute atomic E-state index is 0.309. The van der Waals surface area contributed by atoms with Gasteiger partial charge in [-0.05, 0) is 74.3 Å². The van der Waals surface area contributed by atoms with E-state index in [1.165, 1.54) is 0 Å². The minimum Gasteiger partial charge on any atom is -0.508 e. The third kappa shape index (κ3) is 3.50. The Kier molecular flexibility index (Phi) is 5.10. The van der Waals surface area contributed by atoms with Crippen LogP contribution in [0.3, 0.4) is 0 Å². The number of anilines is 1. The summed E-state index contributed by atoms with van der Waals surface area (Å²) >= 11 is 0. The molecule has 1 fully saturated rings. The number of rotatable bonds is 3. The van der Waals surface area contributed by atoms with E-state index in [2.05, 4.69) is 53.9 Å². The number of H-pyrrole nitrogens is 1. The molecule has 0 aliphatic carbocycles. The number of piperazine rings is 1. The second-order valence-electron chi connectivity index (χ2n) is 8.84. The number of likely N-dealkylation sites (N-methyl/N-ethyl adjacent to an activating group) is 1. The van der Waals surface area contributed by atoms with Gasteiger partial charge in [0.2, 0.25) is 0 Å². The molecule has 4 aromatic rings. The highest BCUT2D eigenvalue weighted by molar-refractivity contribution is 5.91. The standard InChI is InChI=1S/C26H29N5O/c1-16-5-7-22(32)18(3)24(16)20-13-21-17(2)25(29-26(21)28-15-20)19-6-8-23(27-14-19)31-11-9-30(4)10-12-31/h5-8,13-15,32H,9-12H2,1-4H3,(H,28,29). The molecule has 6 nitrogen and oxygen atoms in total. The van der Waals surface area contributed by atoms with Crippen molar-refractivity contribution in [3.8, 4) is 28.1 Å². The van der Waals surface area contributed by atoms with Gasteiger partial charge in [-0.15, -0.1) is 0 Å². The number of hydrogen-bond acceptors (Lipinski definition) is 5. The Hall–Kier alpha value is -3.38. The van der Waals surface area contributed by atoms with Crippen molar-refractivity contribution >= 4 is 16.9 Å². The molecule has 0 spiro atoms. The largest absolute Gasteiger partial charge is 0.508 e. The fourth-order valence-corrected chi connectivity index (χ4v) is 4.66. The van der Waals surface area contributed by atoms with Gasteiger partial charge in [0.1, 0.15) is 17.2 Å². The molecule has 3 aromatic heterocycles. The number of nitrogens with one attached hydrogen (secondary N) is 1. The lowest BCUT2D eigenvalue weighted by Crippen LogP contribution is -2.44. The number of aryl methyl sites for hydroxylation is 2. The van der Waals surface area contributed by atoms with E-state index in [1.54, 1.807) is 6.07 Å². The first kappa shape index (κ1) is 20.5. The van der Waals surface area contributed by atoms with Crippen molar-refractivity contribution in [3.05, 3.63) is 59.4 Å². The number of nitrogens with zero attached hydrogens (tertiary/aromatic N) is 4. The molecule has 164 valence electrons. The first-order valence-electron chi connectivity index (χ1n) is 11.1. The van der Waals surface area contributed by atoms with E-state index in [4.69, 9.17) is 9.97 Å². The number of hydrogen-bond donors (Lipinski definition) is 2. The van der Waals surface area contributed by atoms with Crippen LogP contribution in [0.5, 0.6) is 5.75 Å². The number of aromatic nitrogens is 3. The van der Waals surface area contributed by atoms with Crippen LogP contribution in [0.25, 0.3) is 33.4 Å². The molecule has 0 radical (unpaired) electrons. The summed E-state index contributed by atoms with van der Waals surface area (Å²) in [4.78, 5) is 17.6. The molecular formula is C26H29N5O. The lowest BCUT2D eigenvalue weighted by Gasteiger charge is -2.33. The summed E-state index contributed by atoms with van der Waals surface area (Å²) in [6.07, 6.45) is 3.83. The molecular weight excluding hydrogens is 398 g/mol. The fraction of sp³-hybridized carbons (Fsp3) is 0.308. The second kappa shape index (κ2) is 7.95. The molecule has 0 atom stereocenters. The Morgan fingerprint density at radius 2 is 1.62 bits per heavy atom. The normalized spacial score (nSPS) is 14.9. The molecule has 4 heterocycles. The number of pyridine rings is 2. The number of aromatic amines is 1. The lowest BCUT2D eigenvalue weighted by atomic mass is 9.95. The van der Waals surface area contributed by atoms with E-state index < -0.39 is 0 Å². The van der Waals surface area contributed by atoms with E-state index in [0.717, 1.165) is 82.1 Å². The Labute approximate surface area is 188 Å². The van der Waals surface area contributed by atoms with Crippen LogP contribution in [-0.2, 0) is 0 Å². The van der Waals surface area contributed by atoms with Crippen LogP contribution in [0, 0.1) is 20.8 Å². The Balaban J connectivity index is 1.50. The van der Waals surface area contributed by atoms with Crippen molar-refractivity contribution < 1.29 is 5.11 Å². The highest BCUT2D eigenvalue weighted by Crippen LogP contribution is 2.36. The molecule has 0 saturated carbocycles. The summed E-state index contributed by atoms with van der Waals surface area (Å²) in [7, 11) is 2.16. The van der Waals surface area contributed by atoms with Crippen molar-refractivity contribution in [1.82, 2.24) is 19.9 Å². The highest BCUT2D eigenvalue weighted by atomic mass is 16.3. The van der Waals surface area contributed by atoms with E-state index in [-0.39, 0.29) is 0 Å². The number of phenols is 1. The molecule has 1 saturated heterocycles. The van der Waals surface area contributed by atoms with Gasteiger partial charge in [0.25, 0.3) is 0 Å². The lowest BCUT2D eigenvalue weighted by molar-refractivity contribution is 0.312. The maximum Gasteiger partial charge on any atom is 0.138 e. The van der Waals surface area contributed by atoms with E-state index in [9.17, 15) is 5.11 Å². The summed E-state index contributed by atoms with van der Waals surface area (Å²) in [5, 5.41) is 11.3. The maximum absolute atomic E-state index is 10.2. The molecule has 5 rings (SSSR count). The van der Waals surface area contributed by atoms with Gasteiger partial charge in [0.05, 0.1) is 5.69 Å². The van der Waals surface area contributed by atoms with Gasteiger partial charge >= 0.3 is 0 Å². The van der Waals surface area contributed by atoms with Gasteiger partial charge in [-0.1, -0.05) is 6.07 Å². The van der Waals surface area contributed by atoms with E-state index in [0.29, 0.717) is 5.75 Å². The third-order valence-electron chi connectivity index (χ3n) is 6.71. The zero-order valence-corrected chi connectivity index (χ0v) is 19.1. The van der Waals surface area contributed by atoms with E-state index in [1.807, 2.05) is 25.4 Å². The molecule has 2 N–H and O–H groups in total. The van der Waals surface area contributed by atoms with Crippen molar-refractivity contribution in [3.63, 3.8) is 0 Å². The highest BCUT2D eigenvalue weighted by Gasteiger charge is 2.17. The smallest absolute Gasteiger partial charge is 0.138 e. The number of benzene rings is 1. The topological polar surface area (TPSA) is 68.3 Å². The second-order valence-corrected chi connectivity index (χ2v) is 8.84. The molecule has 1 aliphatic rings. The fourth-order valence-electron chi connectivity index (χ4n) is 4.66. The molecule has 6 heteroatoms. The van der Waals surface area contributed by atoms with Gasteiger partial charge in [0, 0.05) is 55.1 Å². The van der Waals surface area contributed by atoms with Gasteiger partial charge in [-0.2, -0.15) is 0 Å². The Bertz CT molecular complexity index is 1280. The van der Waals surface area contributed by atoms with Crippen LogP contribution in [0.2, 0.25) is 0 Å². The van der Waals surface area contributed by atoms with Gasteiger partial charge in [-0.25, -0.2) is 9.97 Å². The van der Waals surface area contributed by atoms with Gasteiger partial charge < -0.3 is 19.9 Å². The maximum atomic E-state index is 10.2. The molecule has 0 unspecified atom stereocenters. The summed E-state index contributed by atoms with van der Waals surface area (Å²) in [6.45, 7) is 10.3. The number of fused-ring (bicyclic) bond motifs is 1. The molecule has 1 aliphatic heterocycles. The zero-order valence-electron chi connectivity index (χ0n) is 19.1. The SMILES string of the molecule is Cc1ccc(O)c(C)c1-c1cnc2[nH]c(-c3ccc(N4CCN(C)CC4)nc3)c(C)c2c1. The summed E-state index contributed by atoms with van der Waals surface area (Å²) in [5.41, 5.74) is 8.18. The van der Waals surface area contributed by atoms with Crippen molar-refractivity contribution in [1.29, 1.82) is 0 Å². The van der Waals surface area contributed by atoms with Crippen LogP contribution in [0.1, 0.15) is 16.7 Å². The predicted octanol–water partition coefficient (Wildman–Crippen LogP) is 4.67.